The van der Waals surface area contributed by atoms with Crippen molar-refractivity contribution in [1.82, 2.24) is 10.9 Å². The highest BCUT2D eigenvalue weighted by Crippen LogP contribution is 2.32. The van der Waals surface area contributed by atoms with Gasteiger partial charge in [-0.05, 0) is 41.3 Å². The summed E-state index contributed by atoms with van der Waals surface area (Å²) in [7, 11) is 1.56. The molecule has 1 amide bonds. The Morgan fingerprint density at radius 1 is 1.14 bits per heavy atom. The topological polar surface area (TPSA) is 62.4 Å². The van der Waals surface area contributed by atoms with Crippen molar-refractivity contribution in [3.8, 4) is 5.75 Å². The number of anilines is 1. The fourth-order valence-corrected chi connectivity index (χ4v) is 3.79. The fraction of sp³-hybridized carbons (Fsp3) is 0.227. The number of methoxy groups -OCH3 is 1. The van der Waals surface area contributed by atoms with Crippen LogP contribution in [0.15, 0.2) is 54.6 Å². The van der Waals surface area contributed by atoms with E-state index in [2.05, 4.69) is 40.4 Å². The summed E-state index contributed by atoms with van der Waals surface area (Å²) in [6.07, 6.45) is 0.648. The van der Waals surface area contributed by atoms with E-state index in [4.69, 9.17) is 16.3 Å². The zero-order chi connectivity index (χ0) is 19.7. The van der Waals surface area contributed by atoms with Crippen molar-refractivity contribution in [2.24, 2.45) is 0 Å². The van der Waals surface area contributed by atoms with Gasteiger partial charge in [0.15, 0.2) is 0 Å². The maximum atomic E-state index is 12.8. The van der Waals surface area contributed by atoms with Gasteiger partial charge in [-0.15, -0.1) is 0 Å². The Morgan fingerprint density at radius 3 is 2.75 bits per heavy atom. The number of ether oxygens (including phenoxy) is 1. The Labute approximate surface area is 169 Å². The number of fused-ring (bicyclic) bond motifs is 1. The number of hydrazine groups is 1. The van der Waals surface area contributed by atoms with E-state index in [1.807, 2.05) is 31.2 Å². The molecule has 1 heterocycles. The summed E-state index contributed by atoms with van der Waals surface area (Å²) in [5.41, 5.74) is 9.07. The van der Waals surface area contributed by atoms with E-state index in [9.17, 15) is 4.79 Å². The molecule has 28 heavy (non-hydrogen) atoms. The van der Waals surface area contributed by atoms with Crippen LogP contribution in [0, 0.1) is 6.92 Å². The molecule has 2 atom stereocenters. The third-order valence-electron chi connectivity index (χ3n) is 5.16. The van der Waals surface area contributed by atoms with Gasteiger partial charge in [0, 0.05) is 17.1 Å². The standard InChI is InChI=1S/C22H22ClN3O2/c1-13-10-19(21(28-2)11-17(13)23)24-22(27)20-12-18(25-26-20)16-9-5-7-14-6-3-4-8-15(14)16/h3-11,18,20,25-26H,12H2,1-2H3,(H,24,27). The minimum atomic E-state index is -0.357. The monoisotopic (exact) mass is 395 g/mol. The number of halogens is 1. The smallest absolute Gasteiger partial charge is 0.243 e. The molecule has 3 aromatic rings. The van der Waals surface area contributed by atoms with E-state index in [0.717, 1.165) is 5.56 Å². The lowest BCUT2D eigenvalue weighted by Crippen LogP contribution is -2.39. The van der Waals surface area contributed by atoms with Crippen molar-refractivity contribution in [3.63, 3.8) is 0 Å². The van der Waals surface area contributed by atoms with Crippen LogP contribution >= 0.6 is 11.6 Å². The lowest BCUT2D eigenvalue weighted by molar-refractivity contribution is -0.117. The van der Waals surface area contributed by atoms with E-state index < -0.39 is 0 Å². The summed E-state index contributed by atoms with van der Waals surface area (Å²) in [5, 5.41) is 5.94. The van der Waals surface area contributed by atoms with Crippen LogP contribution in [0.5, 0.6) is 5.75 Å². The molecule has 0 spiro atoms. The molecule has 3 N–H and O–H groups in total. The highest BCUT2D eigenvalue weighted by Gasteiger charge is 2.31. The van der Waals surface area contributed by atoms with Gasteiger partial charge in [-0.2, -0.15) is 0 Å². The van der Waals surface area contributed by atoms with Gasteiger partial charge in [0.1, 0.15) is 11.8 Å². The average Bonchev–Trinajstić information content (AvgIpc) is 3.20. The number of amides is 1. The first-order valence-corrected chi connectivity index (χ1v) is 9.58. The molecule has 1 aliphatic rings. The van der Waals surface area contributed by atoms with Crippen molar-refractivity contribution < 1.29 is 9.53 Å². The summed E-state index contributed by atoms with van der Waals surface area (Å²) in [5.74, 6) is 0.427. The van der Waals surface area contributed by atoms with Crippen LogP contribution in [0.4, 0.5) is 5.69 Å². The highest BCUT2D eigenvalue weighted by molar-refractivity contribution is 6.31. The molecule has 0 aromatic heterocycles. The SMILES string of the molecule is COc1cc(Cl)c(C)cc1NC(=O)C1CC(c2cccc3ccccc23)NN1. The third kappa shape index (κ3) is 3.56. The number of benzene rings is 3. The Hall–Kier alpha value is -2.60. The zero-order valence-corrected chi connectivity index (χ0v) is 16.5. The van der Waals surface area contributed by atoms with Gasteiger partial charge in [-0.3, -0.25) is 4.79 Å². The van der Waals surface area contributed by atoms with Crippen LogP contribution in [0.25, 0.3) is 10.8 Å². The lowest BCUT2D eigenvalue weighted by Gasteiger charge is -2.15. The molecular formula is C22H22ClN3O2. The van der Waals surface area contributed by atoms with E-state index in [-0.39, 0.29) is 18.0 Å². The summed E-state index contributed by atoms with van der Waals surface area (Å²) in [6, 6.07) is 17.8. The quantitative estimate of drug-likeness (QED) is 0.614. The number of hydrogen-bond acceptors (Lipinski definition) is 4. The lowest BCUT2D eigenvalue weighted by atomic mass is 9.96. The largest absolute Gasteiger partial charge is 0.495 e. The number of carbonyl (C=O) groups is 1. The van der Waals surface area contributed by atoms with E-state index >= 15 is 0 Å². The van der Waals surface area contributed by atoms with Crippen LogP contribution in [-0.4, -0.2) is 19.1 Å². The first-order chi connectivity index (χ1) is 13.6. The highest BCUT2D eigenvalue weighted by atomic mass is 35.5. The second-order valence-corrected chi connectivity index (χ2v) is 7.40. The maximum absolute atomic E-state index is 12.8. The number of rotatable bonds is 4. The second-order valence-electron chi connectivity index (χ2n) is 6.99. The third-order valence-corrected chi connectivity index (χ3v) is 5.56. The summed E-state index contributed by atoms with van der Waals surface area (Å²) in [4.78, 5) is 12.8. The molecule has 5 nitrogen and oxygen atoms in total. The predicted octanol–water partition coefficient (Wildman–Crippen LogP) is 4.36. The van der Waals surface area contributed by atoms with Gasteiger partial charge < -0.3 is 10.1 Å². The van der Waals surface area contributed by atoms with Crippen molar-refractivity contribution in [3.05, 3.63) is 70.7 Å². The molecule has 0 saturated carbocycles. The molecule has 6 heteroatoms. The van der Waals surface area contributed by atoms with E-state index in [1.54, 1.807) is 13.2 Å². The van der Waals surface area contributed by atoms with Crippen molar-refractivity contribution in [1.29, 1.82) is 0 Å². The molecule has 0 aliphatic carbocycles. The van der Waals surface area contributed by atoms with Crippen LogP contribution in [0.1, 0.15) is 23.6 Å². The molecule has 3 aromatic carbocycles. The first kappa shape index (κ1) is 18.7. The van der Waals surface area contributed by atoms with Gasteiger partial charge in [-0.1, -0.05) is 54.1 Å². The van der Waals surface area contributed by atoms with Gasteiger partial charge in [-0.25, -0.2) is 10.9 Å². The van der Waals surface area contributed by atoms with Gasteiger partial charge in [0.25, 0.3) is 0 Å². The first-order valence-electron chi connectivity index (χ1n) is 9.20. The van der Waals surface area contributed by atoms with Crippen LogP contribution in [0.3, 0.4) is 0 Å². The van der Waals surface area contributed by atoms with Crippen molar-refractivity contribution in [2.45, 2.75) is 25.4 Å². The molecular weight excluding hydrogens is 374 g/mol. The van der Waals surface area contributed by atoms with E-state index in [0.29, 0.717) is 22.9 Å². The Bertz CT molecular complexity index is 1030. The number of carbonyl (C=O) groups excluding carboxylic acids is 1. The zero-order valence-electron chi connectivity index (χ0n) is 15.8. The second kappa shape index (κ2) is 7.80. The van der Waals surface area contributed by atoms with Crippen molar-refractivity contribution in [2.75, 3.05) is 12.4 Å². The van der Waals surface area contributed by atoms with Gasteiger partial charge in [0.2, 0.25) is 5.91 Å². The molecule has 144 valence electrons. The minimum absolute atomic E-state index is 0.0516. The summed E-state index contributed by atoms with van der Waals surface area (Å²) >= 11 is 6.15. The van der Waals surface area contributed by atoms with Crippen LogP contribution in [0.2, 0.25) is 5.02 Å². The molecule has 1 aliphatic heterocycles. The molecule has 2 unspecified atom stereocenters. The molecule has 0 radical (unpaired) electrons. The normalized spacial score (nSPS) is 19.0. The van der Waals surface area contributed by atoms with Crippen LogP contribution in [-0.2, 0) is 4.79 Å². The maximum Gasteiger partial charge on any atom is 0.243 e. The summed E-state index contributed by atoms with van der Waals surface area (Å²) < 4.78 is 5.35. The van der Waals surface area contributed by atoms with Crippen LogP contribution < -0.4 is 20.9 Å². The molecule has 1 saturated heterocycles. The van der Waals surface area contributed by atoms with Crippen molar-refractivity contribution >= 4 is 34.0 Å². The molecule has 0 bridgehead atoms. The summed E-state index contributed by atoms with van der Waals surface area (Å²) in [6.45, 7) is 1.89. The number of aryl methyl sites for hydroxylation is 1. The Kier molecular flexibility index (Phi) is 5.22. The minimum Gasteiger partial charge on any atom is -0.495 e. The molecule has 4 rings (SSSR count). The molecule has 1 fully saturated rings. The van der Waals surface area contributed by atoms with Gasteiger partial charge in [0.05, 0.1) is 12.8 Å². The van der Waals surface area contributed by atoms with E-state index in [1.165, 1.54) is 16.3 Å². The Morgan fingerprint density at radius 2 is 1.93 bits per heavy atom. The average molecular weight is 396 g/mol. The fourth-order valence-electron chi connectivity index (χ4n) is 3.64. The Balaban J connectivity index is 1.51. The number of hydrogen-bond donors (Lipinski definition) is 3. The number of nitrogens with one attached hydrogen (secondary N) is 3. The van der Waals surface area contributed by atoms with Gasteiger partial charge >= 0.3 is 0 Å². The predicted molar refractivity (Wildman–Crippen MR) is 113 cm³/mol.